The fraction of sp³-hybridized carbons (Fsp3) is 0.500. The molecule has 0 radical (unpaired) electrons. The minimum Gasteiger partial charge on any atom is -0.399 e. The highest BCUT2D eigenvalue weighted by Gasteiger charge is 2.41. The first-order chi connectivity index (χ1) is 9.00. The Morgan fingerprint density at radius 2 is 2.05 bits per heavy atom. The molecular weight excluding hydrogens is 238 g/mol. The van der Waals surface area contributed by atoms with Gasteiger partial charge in [-0.15, -0.1) is 5.10 Å². The molecule has 1 aliphatic carbocycles. The smallest absolute Gasteiger partial charge is 0.182 e. The SMILES string of the molecule is Cc1cc(N)ccc1-c1nnnn1C(C)(C)C1CC1. The number of benzene rings is 1. The molecule has 0 unspecified atom stereocenters. The van der Waals surface area contributed by atoms with Crippen molar-refractivity contribution in [3.8, 4) is 11.4 Å². The molecule has 0 atom stereocenters. The van der Waals surface area contributed by atoms with Gasteiger partial charge in [0, 0.05) is 11.3 Å². The molecule has 2 N–H and O–H groups in total. The molecule has 5 nitrogen and oxygen atoms in total. The maximum atomic E-state index is 5.80. The Bertz CT molecular complexity index is 610. The molecule has 1 heterocycles. The van der Waals surface area contributed by atoms with Crippen molar-refractivity contribution in [3.63, 3.8) is 0 Å². The van der Waals surface area contributed by atoms with Gasteiger partial charge in [-0.2, -0.15) is 0 Å². The van der Waals surface area contributed by atoms with Crippen molar-refractivity contribution < 1.29 is 0 Å². The molecule has 0 saturated heterocycles. The monoisotopic (exact) mass is 257 g/mol. The maximum absolute atomic E-state index is 5.80. The van der Waals surface area contributed by atoms with Crippen molar-refractivity contribution in [2.24, 2.45) is 5.92 Å². The predicted molar refractivity (Wildman–Crippen MR) is 74.4 cm³/mol. The number of nitrogen functional groups attached to an aromatic ring is 1. The fourth-order valence-corrected chi connectivity index (χ4v) is 2.64. The molecule has 0 aliphatic heterocycles. The van der Waals surface area contributed by atoms with Crippen molar-refractivity contribution in [1.29, 1.82) is 0 Å². The van der Waals surface area contributed by atoms with Crippen LogP contribution in [0, 0.1) is 12.8 Å². The van der Waals surface area contributed by atoms with E-state index in [4.69, 9.17) is 5.73 Å². The van der Waals surface area contributed by atoms with E-state index in [1.807, 2.05) is 29.8 Å². The summed E-state index contributed by atoms with van der Waals surface area (Å²) in [7, 11) is 0. The van der Waals surface area contributed by atoms with E-state index >= 15 is 0 Å². The topological polar surface area (TPSA) is 69.6 Å². The van der Waals surface area contributed by atoms with Crippen molar-refractivity contribution >= 4 is 5.69 Å². The zero-order valence-corrected chi connectivity index (χ0v) is 11.6. The lowest BCUT2D eigenvalue weighted by atomic mass is 9.98. The third-order valence-electron chi connectivity index (χ3n) is 4.08. The van der Waals surface area contributed by atoms with Crippen LogP contribution < -0.4 is 5.73 Å². The molecule has 0 spiro atoms. The molecule has 19 heavy (non-hydrogen) atoms. The molecule has 0 amide bonds. The van der Waals surface area contributed by atoms with E-state index in [2.05, 4.69) is 29.4 Å². The fourth-order valence-electron chi connectivity index (χ4n) is 2.64. The summed E-state index contributed by atoms with van der Waals surface area (Å²) in [6.07, 6.45) is 2.51. The van der Waals surface area contributed by atoms with Crippen LogP contribution in [0.2, 0.25) is 0 Å². The van der Waals surface area contributed by atoms with Gasteiger partial charge < -0.3 is 5.73 Å². The molecule has 1 aromatic carbocycles. The van der Waals surface area contributed by atoms with Crippen molar-refractivity contribution in [2.45, 2.75) is 39.2 Å². The minimum atomic E-state index is -0.0351. The molecule has 1 saturated carbocycles. The van der Waals surface area contributed by atoms with Gasteiger partial charge in [-0.1, -0.05) is 0 Å². The summed E-state index contributed by atoms with van der Waals surface area (Å²) in [5, 5.41) is 12.3. The van der Waals surface area contributed by atoms with E-state index < -0.39 is 0 Å². The Morgan fingerprint density at radius 1 is 1.32 bits per heavy atom. The molecule has 0 bridgehead atoms. The third kappa shape index (κ3) is 1.99. The highest BCUT2D eigenvalue weighted by atomic mass is 15.6. The van der Waals surface area contributed by atoms with Gasteiger partial charge in [0.05, 0.1) is 5.54 Å². The molecule has 1 aromatic heterocycles. The standard InChI is InChI=1S/C14H19N5/c1-9-8-11(15)6-7-12(9)13-16-17-18-19(13)14(2,3)10-4-5-10/h6-8,10H,4-5,15H2,1-3H3. The van der Waals surface area contributed by atoms with E-state index in [1.165, 1.54) is 12.8 Å². The van der Waals surface area contributed by atoms with Gasteiger partial charge in [-0.05, 0) is 73.7 Å². The molecule has 2 aromatic rings. The van der Waals surface area contributed by atoms with Crippen LogP contribution in [-0.4, -0.2) is 20.2 Å². The number of hydrogen-bond acceptors (Lipinski definition) is 4. The number of anilines is 1. The number of hydrogen-bond donors (Lipinski definition) is 1. The first-order valence-corrected chi connectivity index (χ1v) is 6.65. The van der Waals surface area contributed by atoms with Crippen LogP contribution in [-0.2, 0) is 5.54 Å². The van der Waals surface area contributed by atoms with Crippen molar-refractivity contribution in [1.82, 2.24) is 20.2 Å². The van der Waals surface area contributed by atoms with E-state index in [-0.39, 0.29) is 5.54 Å². The van der Waals surface area contributed by atoms with Crippen molar-refractivity contribution in [2.75, 3.05) is 5.73 Å². The predicted octanol–water partition coefficient (Wildman–Crippen LogP) is 2.38. The van der Waals surface area contributed by atoms with Crippen LogP contribution >= 0.6 is 0 Å². The Kier molecular flexibility index (Phi) is 2.59. The van der Waals surface area contributed by atoms with E-state index in [1.54, 1.807) is 0 Å². The Morgan fingerprint density at radius 3 is 2.68 bits per heavy atom. The largest absolute Gasteiger partial charge is 0.399 e. The van der Waals surface area contributed by atoms with Crippen LogP contribution in [0.25, 0.3) is 11.4 Å². The Hall–Kier alpha value is -1.91. The maximum Gasteiger partial charge on any atom is 0.182 e. The molecule has 1 aliphatic rings. The van der Waals surface area contributed by atoms with Crippen LogP contribution in [0.3, 0.4) is 0 Å². The molecule has 1 fully saturated rings. The number of aryl methyl sites for hydroxylation is 1. The van der Waals surface area contributed by atoms with Crippen LogP contribution in [0.1, 0.15) is 32.3 Å². The van der Waals surface area contributed by atoms with Crippen LogP contribution in [0.4, 0.5) is 5.69 Å². The van der Waals surface area contributed by atoms with Gasteiger partial charge in [0.25, 0.3) is 0 Å². The lowest BCUT2D eigenvalue weighted by molar-refractivity contribution is 0.271. The molecule has 5 heteroatoms. The van der Waals surface area contributed by atoms with Gasteiger partial charge in [0.2, 0.25) is 0 Å². The summed E-state index contributed by atoms with van der Waals surface area (Å²) in [5.41, 5.74) is 8.68. The molecular formula is C14H19N5. The zero-order valence-electron chi connectivity index (χ0n) is 11.6. The average Bonchev–Trinajstić information content (AvgIpc) is 3.09. The van der Waals surface area contributed by atoms with E-state index in [0.717, 1.165) is 22.6 Å². The number of aromatic nitrogens is 4. The first kappa shape index (κ1) is 12.1. The Balaban J connectivity index is 2.09. The summed E-state index contributed by atoms with van der Waals surface area (Å²) in [6, 6.07) is 5.85. The zero-order chi connectivity index (χ0) is 13.6. The summed E-state index contributed by atoms with van der Waals surface area (Å²) in [6.45, 7) is 6.45. The summed E-state index contributed by atoms with van der Waals surface area (Å²) in [4.78, 5) is 0. The van der Waals surface area contributed by atoms with Gasteiger partial charge >= 0.3 is 0 Å². The summed E-state index contributed by atoms with van der Waals surface area (Å²) in [5.74, 6) is 1.50. The summed E-state index contributed by atoms with van der Waals surface area (Å²) < 4.78 is 1.96. The number of tetrazole rings is 1. The van der Waals surface area contributed by atoms with Gasteiger partial charge in [0.15, 0.2) is 5.82 Å². The minimum absolute atomic E-state index is 0.0351. The van der Waals surface area contributed by atoms with E-state index in [0.29, 0.717) is 5.92 Å². The van der Waals surface area contributed by atoms with Gasteiger partial charge in [-0.25, -0.2) is 4.68 Å². The lowest BCUT2D eigenvalue weighted by Gasteiger charge is -2.25. The summed E-state index contributed by atoms with van der Waals surface area (Å²) >= 11 is 0. The first-order valence-electron chi connectivity index (χ1n) is 6.65. The number of rotatable bonds is 3. The van der Waals surface area contributed by atoms with Crippen molar-refractivity contribution in [3.05, 3.63) is 23.8 Å². The number of nitrogens with zero attached hydrogens (tertiary/aromatic N) is 4. The Labute approximate surface area is 112 Å². The highest BCUT2D eigenvalue weighted by molar-refractivity contribution is 5.63. The third-order valence-corrected chi connectivity index (χ3v) is 4.08. The second kappa shape index (κ2) is 4.05. The lowest BCUT2D eigenvalue weighted by Crippen LogP contribution is -2.30. The van der Waals surface area contributed by atoms with E-state index in [9.17, 15) is 0 Å². The molecule has 100 valence electrons. The second-order valence-electron chi connectivity index (χ2n) is 5.92. The number of nitrogens with two attached hydrogens (primary N) is 1. The van der Waals surface area contributed by atoms with Crippen LogP contribution in [0.15, 0.2) is 18.2 Å². The normalized spacial score (nSPS) is 15.7. The quantitative estimate of drug-likeness (QED) is 0.857. The van der Waals surface area contributed by atoms with Gasteiger partial charge in [-0.3, -0.25) is 0 Å². The second-order valence-corrected chi connectivity index (χ2v) is 5.92. The van der Waals surface area contributed by atoms with Crippen LogP contribution in [0.5, 0.6) is 0 Å². The molecule has 3 rings (SSSR count). The van der Waals surface area contributed by atoms with Gasteiger partial charge in [0.1, 0.15) is 0 Å². The average molecular weight is 257 g/mol. The highest BCUT2D eigenvalue weighted by Crippen LogP contribution is 2.44.